The lowest BCUT2D eigenvalue weighted by Gasteiger charge is -2.29. The molecule has 0 radical (unpaired) electrons. The van der Waals surface area contributed by atoms with E-state index in [2.05, 4.69) is 4.74 Å². The summed E-state index contributed by atoms with van der Waals surface area (Å²) in [6, 6.07) is 20.0. The van der Waals surface area contributed by atoms with Crippen LogP contribution in [0.15, 0.2) is 78.9 Å². The molecule has 0 bridgehead atoms. The van der Waals surface area contributed by atoms with Crippen LogP contribution >= 0.6 is 0 Å². The third kappa shape index (κ3) is 4.24. The first-order chi connectivity index (χ1) is 17.3. The van der Waals surface area contributed by atoms with Crippen molar-refractivity contribution in [2.45, 2.75) is 25.4 Å². The molecular weight excluding hydrogens is 477 g/mol. The zero-order valence-corrected chi connectivity index (χ0v) is 19.0. The lowest BCUT2D eigenvalue weighted by Crippen LogP contribution is -2.37. The van der Waals surface area contributed by atoms with Crippen molar-refractivity contribution >= 4 is 23.2 Å². The molecule has 0 N–H and O–H groups in total. The molecule has 2 fully saturated rings. The number of carbonyl (C=O) groups is 2. The maximum Gasteiger partial charge on any atom is 0.573 e. The number of halogens is 3. The van der Waals surface area contributed by atoms with Crippen molar-refractivity contribution in [2.24, 2.45) is 5.92 Å². The average molecular weight is 498 g/mol. The molecule has 0 spiro atoms. The van der Waals surface area contributed by atoms with Gasteiger partial charge in [0, 0.05) is 0 Å². The lowest BCUT2D eigenvalue weighted by molar-refractivity contribution is -0.274. The number of rotatable bonds is 6. The molecule has 3 aromatic carbocycles. The molecule has 36 heavy (non-hydrogen) atoms. The number of nitrogens with zero attached hydrogens (tertiary/aromatic N) is 2. The topological polar surface area (TPSA) is 68.3 Å². The third-order valence-electron chi connectivity index (χ3n) is 5.99. The molecule has 10 heteroatoms. The SMILES string of the molecule is CCOc1ccccc1N1C(=O)[C@@H]2[C@@H](ON(c3ccccc3)[C@H]2c2ccc(OC(F)(F)F)cc2)C1=O. The van der Waals surface area contributed by atoms with Crippen molar-refractivity contribution in [2.75, 3.05) is 16.6 Å². The molecule has 2 aliphatic heterocycles. The molecule has 186 valence electrons. The molecule has 0 aliphatic carbocycles. The number of hydrogen-bond donors (Lipinski definition) is 0. The summed E-state index contributed by atoms with van der Waals surface area (Å²) in [7, 11) is 0. The molecule has 2 heterocycles. The van der Waals surface area contributed by atoms with E-state index >= 15 is 0 Å². The number of amides is 2. The smallest absolute Gasteiger partial charge is 0.492 e. The zero-order valence-electron chi connectivity index (χ0n) is 19.0. The van der Waals surface area contributed by atoms with Crippen molar-refractivity contribution in [3.8, 4) is 11.5 Å². The summed E-state index contributed by atoms with van der Waals surface area (Å²) in [6.45, 7) is 2.13. The van der Waals surface area contributed by atoms with E-state index in [1.807, 2.05) is 0 Å². The van der Waals surface area contributed by atoms with E-state index < -0.39 is 42.0 Å². The number of hydrogen-bond acceptors (Lipinski definition) is 6. The number of anilines is 2. The van der Waals surface area contributed by atoms with Gasteiger partial charge in [-0.15, -0.1) is 13.2 Å². The Hall–Kier alpha value is -4.05. The summed E-state index contributed by atoms with van der Waals surface area (Å²) in [5.41, 5.74) is 1.39. The van der Waals surface area contributed by atoms with E-state index in [4.69, 9.17) is 9.57 Å². The molecule has 7 nitrogen and oxygen atoms in total. The van der Waals surface area contributed by atoms with Crippen LogP contribution in [0.1, 0.15) is 18.5 Å². The monoisotopic (exact) mass is 498 g/mol. The molecule has 5 rings (SSSR count). The number of hydroxylamine groups is 1. The Kier molecular flexibility index (Phi) is 6.05. The number of ether oxygens (including phenoxy) is 2. The average Bonchev–Trinajstić information content (AvgIpc) is 3.36. The van der Waals surface area contributed by atoms with Crippen LogP contribution in [0.5, 0.6) is 11.5 Å². The Labute approximate surface area is 204 Å². The van der Waals surface area contributed by atoms with Gasteiger partial charge in [0.15, 0.2) is 6.10 Å². The predicted molar refractivity (Wildman–Crippen MR) is 123 cm³/mol. The van der Waals surface area contributed by atoms with Gasteiger partial charge in [0.05, 0.1) is 24.0 Å². The summed E-state index contributed by atoms with van der Waals surface area (Å²) in [5.74, 6) is -1.99. The molecule has 0 saturated carbocycles. The maximum absolute atomic E-state index is 13.7. The van der Waals surface area contributed by atoms with Gasteiger partial charge in [-0.3, -0.25) is 14.4 Å². The van der Waals surface area contributed by atoms with Crippen LogP contribution in [-0.2, 0) is 14.4 Å². The Morgan fingerprint density at radius 2 is 1.56 bits per heavy atom. The van der Waals surface area contributed by atoms with Crippen LogP contribution in [0.2, 0.25) is 0 Å². The minimum atomic E-state index is -4.83. The highest BCUT2D eigenvalue weighted by molar-refractivity contribution is 6.24. The Morgan fingerprint density at radius 3 is 2.22 bits per heavy atom. The lowest BCUT2D eigenvalue weighted by atomic mass is 9.90. The molecule has 2 amide bonds. The van der Waals surface area contributed by atoms with Gasteiger partial charge in [-0.1, -0.05) is 42.5 Å². The fourth-order valence-corrected chi connectivity index (χ4v) is 4.58. The summed E-state index contributed by atoms with van der Waals surface area (Å²) in [6.07, 6.45) is -5.95. The highest BCUT2D eigenvalue weighted by Crippen LogP contribution is 2.48. The summed E-state index contributed by atoms with van der Waals surface area (Å²) in [4.78, 5) is 34.3. The summed E-state index contributed by atoms with van der Waals surface area (Å²) < 4.78 is 47.5. The van der Waals surface area contributed by atoms with Crippen molar-refractivity contribution in [3.63, 3.8) is 0 Å². The van der Waals surface area contributed by atoms with E-state index in [1.165, 1.54) is 29.3 Å². The number of alkyl halides is 3. The van der Waals surface area contributed by atoms with Gasteiger partial charge in [-0.25, -0.2) is 9.96 Å². The molecular formula is C26H21F3N2O5. The van der Waals surface area contributed by atoms with Crippen LogP contribution in [0, 0.1) is 5.92 Å². The maximum atomic E-state index is 13.7. The first-order valence-corrected chi connectivity index (χ1v) is 11.2. The van der Waals surface area contributed by atoms with Gasteiger partial charge in [-0.05, 0) is 48.9 Å². The van der Waals surface area contributed by atoms with Crippen LogP contribution in [0.25, 0.3) is 0 Å². The van der Waals surface area contributed by atoms with Crippen molar-refractivity contribution in [1.82, 2.24) is 0 Å². The number of imide groups is 1. The Bertz CT molecular complexity index is 1270. The van der Waals surface area contributed by atoms with Crippen molar-refractivity contribution in [1.29, 1.82) is 0 Å². The van der Waals surface area contributed by atoms with E-state index in [1.54, 1.807) is 61.5 Å². The van der Waals surface area contributed by atoms with Crippen molar-refractivity contribution in [3.05, 3.63) is 84.4 Å². The number of para-hydroxylation sites is 3. The third-order valence-corrected chi connectivity index (χ3v) is 5.99. The zero-order chi connectivity index (χ0) is 25.4. The Morgan fingerprint density at radius 1 is 0.889 bits per heavy atom. The molecule has 0 unspecified atom stereocenters. The first kappa shape index (κ1) is 23.7. The fourth-order valence-electron chi connectivity index (χ4n) is 4.58. The second kappa shape index (κ2) is 9.19. The van der Waals surface area contributed by atoms with Gasteiger partial charge < -0.3 is 9.47 Å². The highest BCUT2D eigenvalue weighted by Gasteiger charge is 2.60. The van der Waals surface area contributed by atoms with Gasteiger partial charge in [-0.2, -0.15) is 0 Å². The molecule has 0 aromatic heterocycles. The highest BCUT2D eigenvalue weighted by atomic mass is 19.4. The summed E-state index contributed by atoms with van der Waals surface area (Å²) in [5, 5.41) is 1.47. The van der Waals surface area contributed by atoms with Gasteiger partial charge >= 0.3 is 6.36 Å². The largest absolute Gasteiger partial charge is 0.573 e. The summed E-state index contributed by atoms with van der Waals surface area (Å²) >= 11 is 0. The van der Waals surface area contributed by atoms with Crippen LogP contribution in [-0.4, -0.2) is 30.9 Å². The minimum Gasteiger partial charge on any atom is -0.492 e. The standard InChI is InChI=1S/C26H21F3N2O5/c1-2-34-20-11-7-6-10-19(20)30-24(32)21-22(16-12-14-18(15-13-16)35-26(27,28)29)31(36-23(21)25(30)33)17-8-4-3-5-9-17/h3-15,21-23H,2H2,1H3/t21-,22-,23+/m0/s1. The van der Waals surface area contributed by atoms with E-state index in [0.29, 0.717) is 29.3 Å². The van der Waals surface area contributed by atoms with Gasteiger partial charge in [0.25, 0.3) is 5.91 Å². The van der Waals surface area contributed by atoms with Crippen LogP contribution in [0.3, 0.4) is 0 Å². The number of fused-ring (bicyclic) bond motifs is 1. The van der Waals surface area contributed by atoms with Gasteiger partial charge in [0.1, 0.15) is 17.4 Å². The molecule has 2 saturated heterocycles. The van der Waals surface area contributed by atoms with Gasteiger partial charge in [0.2, 0.25) is 5.91 Å². The van der Waals surface area contributed by atoms with E-state index in [0.717, 1.165) is 4.90 Å². The van der Waals surface area contributed by atoms with E-state index in [9.17, 15) is 22.8 Å². The molecule has 3 atom stereocenters. The molecule has 2 aliphatic rings. The molecule has 3 aromatic rings. The van der Waals surface area contributed by atoms with Crippen molar-refractivity contribution < 1.29 is 37.1 Å². The Balaban J connectivity index is 1.54. The van der Waals surface area contributed by atoms with Crippen LogP contribution < -0.4 is 19.4 Å². The first-order valence-electron chi connectivity index (χ1n) is 11.2. The predicted octanol–water partition coefficient (Wildman–Crippen LogP) is 5.04. The second-order valence-electron chi connectivity index (χ2n) is 8.19. The normalized spacial score (nSPS) is 21.6. The number of carbonyl (C=O) groups excluding carboxylic acids is 2. The van der Waals surface area contributed by atoms with Crippen LogP contribution in [0.4, 0.5) is 24.5 Å². The minimum absolute atomic E-state index is 0.311. The fraction of sp³-hybridized carbons (Fsp3) is 0.231. The second-order valence-corrected chi connectivity index (χ2v) is 8.19. The number of benzene rings is 3. The van der Waals surface area contributed by atoms with E-state index in [-0.39, 0.29) is 0 Å². The quantitative estimate of drug-likeness (QED) is 0.444.